The largest absolute Gasteiger partial charge is 0.322 e. The Morgan fingerprint density at radius 2 is 2.20 bits per heavy atom. The summed E-state index contributed by atoms with van der Waals surface area (Å²) in [4.78, 5) is 17.1. The second-order valence-electron chi connectivity index (χ2n) is 2.92. The Bertz CT molecular complexity index is 553. The number of H-pyrrole nitrogens is 1. The van der Waals surface area contributed by atoms with Gasteiger partial charge in [-0.1, -0.05) is 6.07 Å². The third-order valence-electron chi connectivity index (χ3n) is 1.86. The maximum atomic E-state index is 13.3. The molecule has 5 heteroatoms. The lowest BCUT2D eigenvalue weighted by Crippen LogP contribution is -2.04. The summed E-state index contributed by atoms with van der Waals surface area (Å²) >= 11 is 3.19. The van der Waals surface area contributed by atoms with Gasteiger partial charge < -0.3 is 4.98 Å². The summed E-state index contributed by atoms with van der Waals surface area (Å²) in [5, 5.41) is 0. The molecule has 2 rings (SSSR count). The highest BCUT2D eigenvalue weighted by atomic mass is 79.9. The molecular weight excluding hydrogens is 263 g/mol. The average Bonchev–Trinajstić information content (AvgIpc) is 2.22. The Kier molecular flexibility index (Phi) is 2.64. The third kappa shape index (κ3) is 2.12. The first-order valence-corrected chi connectivity index (χ1v) is 4.97. The molecule has 0 amide bonds. The van der Waals surface area contributed by atoms with Crippen molar-refractivity contribution >= 4 is 15.9 Å². The summed E-state index contributed by atoms with van der Waals surface area (Å²) in [7, 11) is 0. The maximum Gasteiger partial charge on any atom is 0.248 e. The number of nitrogens with one attached hydrogen (secondary N) is 1. The zero-order valence-corrected chi connectivity index (χ0v) is 9.08. The van der Waals surface area contributed by atoms with Crippen LogP contribution in [-0.4, -0.2) is 9.97 Å². The SMILES string of the molecule is O=c1cccc(-c2cc(Br)cnc2F)[nH]1. The molecule has 0 radical (unpaired) electrons. The van der Waals surface area contributed by atoms with E-state index in [-0.39, 0.29) is 11.1 Å². The van der Waals surface area contributed by atoms with Gasteiger partial charge in [0.25, 0.3) is 0 Å². The molecule has 0 aliphatic carbocycles. The Labute approximate surface area is 93.1 Å². The van der Waals surface area contributed by atoms with Gasteiger partial charge in [-0.25, -0.2) is 4.98 Å². The quantitative estimate of drug-likeness (QED) is 0.807. The van der Waals surface area contributed by atoms with Gasteiger partial charge >= 0.3 is 0 Å². The highest BCUT2D eigenvalue weighted by Crippen LogP contribution is 2.21. The Morgan fingerprint density at radius 1 is 1.40 bits per heavy atom. The Hall–Kier alpha value is -1.49. The highest BCUT2D eigenvalue weighted by molar-refractivity contribution is 9.10. The maximum absolute atomic E-state index is 13.3. The molecule has 1 N–H and O–H groups in total. The molecule has 15 heavy (non-hydrogen) atoms. The topological polar surface area (TPSA) is 45.8 Å². The molecule has 2 aromatic heterocycles. The lowest BCUT2D eigenvalue weighted by atomic mass is 10.2. The first-order chi connectivity index (χ1) is 7.16. The number of aromatic amines is 1. The minimum Gasteiger partial charge on any atom is -0.322 e. The molecule has 3 nitrogen and oxygen atoms in total. The van der Waals surface area contributed by atoms with E-state index < -0.39 is 5.95 Å². The number of rotatable bonds is 1. The first kappa shape index (κ1) is 10.0. The van der Waals surface area contributed by atoms with Crippen molar-refractivity contribution < 1.29 is 4.39 Å². The second-order valence-corrected chi connectivity index (χ2v) is 3.84. The van der Waals surface area contributed by atoms with Crippen LogP contribution in [0.1, 0.15) is 0 Å². The molecule has 2 aromatic rings. The lowest BCUT2D eigenvalue weighted by molar-refractivity contribution is 0.586. The highest BCUT2D eigenvalue weighted by Gasteiger charge is 2.07. The predicted molar refractivity (Wildman–Crippen MR) is 58.0 cm³/mol. The van der Waals surface area contributed by atoms with Crippen molar-refractivity contribution in [1.82, 2.24) is 9.97 Å². The van der Waals surface area contributed by atoms with Crippen LogP contribution in [0.15, 0.2) is 39.7 Å². The van der Waals surface area contributed by atoms with Crippen molar-refractivity contribution in [3.8, 4) is 11.3 Å². The average molecular weight is 269 g/mol. The van der Waals surface area contributed by atoms with Crippen molar-refractivity contribution in [3.05, 3.63) is 51.2 Å². The molecule has 76 valence electrons. The molecular formula is C10H6BrFN2O. The summed E-state index contributed by atoms with van der Waals surface area (Å²) in [5.74, 6) is -0.611. The number of halogens is 2. The number of pyridine rings is 2. The zero-order valence-electron chi connectivity index (χ0n) is 7.50. The number of aromatic nitrogens is 2. The van der Waals surface area contributed by atoms with Crippen LogP contribution in [0.4, 0.5) is 4.39 Å². The Morgan fingerprint density at radius 3 is 2.93 bits per heavy atom. The first-order valence-electron chi connectivity index (χ1n) is 4.17. The summed E-state index contributed by atoms with van der Waals surface area (Å²) in [6.45, 7) is 0. The van der Waals surface area contributed by atoms with Crippen LogP contribution >= 0.6 is 15.9 Å². The van der Waals surface area contributed by atoms with E-state index >= 15 is 0 Å². The standard InChI is InChI=1S/C10H6BrFN2O/c11-6-4-7(10(12)13-5-6)8-2-1-3-9(15)14-8/h1-5H,(H,14,15). The normalized spacial score (nSPS) is 10.3. The van der Waals surface area contributed by atoms with E-state index in [1.54, 1.807) is 18.2 Å². The van der Waals surface area contributed by atoms with Gasteiger partial charge in [0.15, 0.2) is 0 Å². The molecule has 0 fully saturated rings. The molecule has 0 spiro atoms. The van der Waals surface area contributed by atoms with Crippen LogP contribution in [0.25, 0.3) is 11.3 Å². The fraction of sp³-hybridized carbons (Fsp3) is 0. The van der Waals surface area contributed by atoms with Gasteiger partial charge in [-0.15, -0.1) is 0 Å². The summed E-state index contributed by atoms with van der Waals surface area (Å²) in [6, 6.07) is 6.11. The molecule has 0 aliphatic rings. The molecule has 0 aromatic carbocycles. The minimum atomic E-state index is -0.611. The monoisotopic (exact) mass is 268 g/mol. The molecule has 0 aliphatic heterocycles. The fourth-order valence-electron chi connectivity index (χ4n) is 1.22. The molecule has 0 bridgehead atoms. The van der Waals surface area contributed by atoms with Crippen molar-refractivity contribution in [2.45, 2.75) is 0 Å². The summed E-state index contributed by atoms with van der Waals surface area (Å²) in [5.41, 5.74) is 0.405. The van der Waals surface area contributed by atoms with E-state index in [2.05, 4.69) is 25.9 Å². The van der Waals surface area contributed by atoms with Gasteiger partial charge in [0.2, 0.25) is 11.5 Å². The van der Waals surface area contributed by atoms with E-state index in [0.717, 1.165) is 0 Å². The molecule has 0 saturated heterocycles. The van der Waals surface area contributed by atoms with E-state index in [9.17, 15) is 9.18 Å². The van der Waals surface area contributed by atoms with Gasteiger partial charge in [0.1, 0.15) is 0 Å². The minimum absolute atomic E-state index is 0.266. The van der Waals surface area contributed by atoms with E-state index in [4.69, 9.17) is 0 Å². The van der Waals surface area contributed by atoms with Crippen LogP contribution in [0.5, 0.6) is 0 Å². The van der Waals surface area contributed by atoms with E-state index in [1.165, 1.54) is 12.3 Å². The predicted octanol–water partition coefficient (Wildman–Crippen LogP) is 2.34. The van der Waals surface area contributed by atoms with Crippen molar-refractivity contribution in [3.63, 3.8) is 0 Å². The third-order valence-corrected chi connectivity index (χ3v) is 2.30. The number of hydrogen-bond donors (Lipinski definition) is 1. The van der Waals surface area contributed by atoms with Crippen LogP contribution in [0.2, 0.25) is 0 Å². The summed E-state index contributed by atoms with van der Waals surface area (Å²) in [6.07, 6.45) is 1.36. The smallest absolute Gasteiger partial charge is 0.248 e. The van der Waals surface area contributed by atoms with E-state index in [1.807, 2.05) is 0 Å². The van der Waals surface area contributed by atoms with Crippen molar-refractivity contribution in [2.24, 2.45) is 0 Å². The van der Waals surface area contributed by atoms with Crippen molar-refractivity contribution in [1.29, 1.82) is 0 Å². The van der Waals surface area contributed by atoms with Crippen LogP contribution in [0, 0.1) is 5.95 Å². The zero-order chi connectivity index (χ0) is 10.8. The molecule has 0 unspecified atom stereocenters. The summed E-state index contributed by atoms with van der Waals surface area (Å²) < 4.78 is 14.0. The van der Waals surface area contributed by atoms with Gasteiger partial charge in [-0.2, -0.15) is 4.39 Å². The van der Waals surface area contributed by atoms with Gasteiger partial charge in [-0.3, -0.25) is 4.79 Å². The van der Waals surface area contributed by atoms with Crippen LogP contribution in [0.3, 0.4) is 0 Å². The van der Waals surface area contributed by atoms with E-state index in [0.29, 0.717) is 10.2 Å². The van der Waals surface area contributed by atoms with Gasteiger partial charge in [-0.05, 0) is 28.1 Å². The number of nitrogens with zero attached hydrogens (tertiary/aromatic N) is 1. The van der Waals surface area contributed by atoms with Crippen molar-refractivity contribution in [2.75, 3.05) is 0 Å². The van der Waals surface area contributed by atoms with Crippen LogP contribution in [-0.2, 0) is 0 Å². The van der Waals surface area contributed by atoms with Crippen LogP contribution < -0.4 is 5.56 Å². The fourth-order valence-corrected chi connectivity index (χ4v) is 1.55. The number of hydrogen-bond acceptors (Lipinski definition) is 2. The second kappa shape index (κ2) is 3.94. The molecule has 2 heterocycles. The Balaban J connectivity index is 2.63. The van der Waals surface area contributed by atoms with Gasteiger partial charge in [0, 0.05) is 16.7 Å². The lowest BCUT2D eigenvalue weighted by Gasteiger charge is -2.02. The molecule has 0 atom stereocenters. The molecule has 0 saturated carbocycles. The van der Waals surface area contributed by atoms with Gasteiger partial charge in [0.05, 0.1) is 11.3 Å².